The fourth-order valence-electron chi connectivity index (χ4n) is 1.95. The van der Waals surface area contributed by atoms with Gasteiger partial charge in [-0.1, -0.05) is 26.8 Å². The van der Waals surface area contributed by atoms with E-state index in [-0.39, 0.29) is 5.41 Å². The van der Waals surface area contributed by atoms with Crippen LogP contribution in [0.25, 0.3) is 0 Å². The first-order valence-corrected chi connectivity index (χ1v) is 8.15. The molecule has 2 aromatic rings. The molecule has 0 aliphatic carbocycles. The van der Waals surface area contributed by atoms with Gasteiger partial charge in [0.2, 0.25) is 11.8 Å². The number of hydrogen-bond donors (Lipinski definition) is 1. The predicted molar refractivity (Wildman–Crippen MR) is 88.4 cm³/mol. The van der Waals surface area contributed by atoms with Gasteiger partial charge in [-0.2, -0.15) is 4.98 Å². The molecule has 0 bridgehead atoms. The van der Waals surface area contributed by atoms with Crippen LogP contribution in [0.2, 0.25) is 0 Å². The van der Waals surface area contributed by atoms with Gasteiger partial charge < -0.3 is 10.1 Å². The summed E-state index contributed by atoms with van der Waals surface area (Å²) in [6, 6.07) is 6.12. The zero-order chi connectivity index (χ0) is 15.3. The molecule has 0 aliphatic heterocycles. The van der Waals surface area contributed by atoms with Gasteiger partial charge in [-0.15, -0.1) is 11.3 Å². The molecule has 0 aromatic carbocycles. The number of aromatic nitrogens is 2. The Balaban J connectivity index is 2.04. The van der Waals surface area contributed by atoms with Crippen LogP contribution in [0, 0.1) is 6.92 Å². The number of rotatable bonds is 7. The molecule has 0 saturated carbocycles. The van der Waals surface area contributed by atoms with Gasteiger partial charge in [0.15, 0.2) is 0 Å². The van der Waals surface area contributed by atoms with Crippen molar-refractivity contribution in [3.63, 3.8) is 0 Å². The molecular weight excluding hydrogens is 282 g/mol. The van der Waals surface area contributed by atoms with Crippen molar-refractivity contribution in [2.24, 2.45) is 0 Å². The van der Waals surface area contributed by atoms with Gasteiger partial charge in [0.1, 0.15) is 0 Å². The van der Waals surface area contributed by atoms with Gasteiger partial charge in [0.25, 0.3) is 0 Å². The van der Waals surface area contributed by atoms with Crippen molar-refractivity contribution in [1.82, 2.24) is 9.97 Å². The molecule has 0 unspecified atom stereocenters. The van der Waals surface area contributed by atoms with Crippen molar-refractivity contribution >= 4 is 17.3 Å². The van der Waals surface area contributed by atoms with Crippen LogP contribution in [0.5, 0.6) is 5.88 Å². The van der Waals surface area contributed by atoms with Crippen LogP contribution in [0.4, 0.5) is 5.95 Å². The van der Waals surface area contributed by atoms with Crippen LogP contribution < -0.4 is 10.1 Å². The lowest BCUT2D eigenvalue weighted by molar-refractivity contribution is 0.305. The maximum absolute atomic E-state index is 5.59. The summed E-state index contributed by atoms with van der Waals surface area (Å²) in [4.78, 5) is 10.2. The van der Waals surface area contributed by atoms with Crippen molar-refractivity contribution in [3.05, 3.63) is 34.2 Å². The smallest absolute Gasteiger partial charge is 0.226 e. The Kier molecular flexibility index (Phi) is 5.17. The van der Waals surface area contributed by atoms with E-state index < -0.39 is 0 Å². The summed E-state index contributed by atoms with van der Waals surface area (Å²) in [5, 5.41) is 5.44. The Morgan fingerprint density at radius 2 is 2.14 bits per heavy atom. The maximum atomic E-state index is 5.59. The van der Waals surface area contributed by atoms with E-state index in [4.69, 9.17) is 4.74 Å². The lowest BCUT2D eigenvalue weighted by Crippen LogP contribution is -2.27. The highest BCUT2D eigenvalue weighted by molar-refractivity contribution is 7.10. The second-order valence-electron chi connectivity index (χ2n) is 5.73. The van der Waals surface area contributed by atoms with Gasteiger partial charge in [0.05, 0.1) is 6.61 Å². The molecule has 2 rings (SSSR count). The molecule has 0 fully saturated rings. The highest BCUT2D eigenvalue weighted by Gasteiger charge is 2.21. The minimum absolute atomic E-state index is 0.0473. The van der Waals surface area contributed by atoms with Crippen LogP contribution in [-0.4, -0.2) is 23.1 Å². The average molecular weight is 305 g/mol. The second-order valence-corrected chi connectivity index (χ2v) is 6.68. The second kappa shape index (κ2) is 6.89. The van der Waals surface area contributed by atoms with E-state index in [0.29, 0.717) is 18.4 Å². The summed E-state index contributed by atoms with van der Waals surface area (Å²) in [7, 11) is 0. The lowest BCUT2D eigenvalue weighted by atomic mass is 9.91. The van der Waals surface area contributed by atoms with Crippen LogP contribution in [-0.2, 0) is 5.41 Å². The monoisotopic (exact) mass is 305 g/mol. The lowest BCUT2D eigenvalue weighted by Gasteiger charge is -2.23. The summed E-state index contributed by atoms with van der Waals surface area (Å²) in [5.74, 6) is 1.27. The average Bonchev–Trinajstić information content (AvgIpc) is 2.97. The number of hydrogen-bond acceptors (Lipinski definition) is 5. The molecule has 0 aliphatic rings. The fraction of sp³-hybridized carbons (Fsp3) is 0.500. The molecule has 5 heteroatoms. The number of anilines is 1. The Labute approximate surface area is 130 Å². The van der Waals surface area contributed by atoms with Crippen LogP contribution >= 0.6 is 11.3 Å². The molecule has 21 heavy (non-hydrogen) atoms. The zero-order valence-electron chi connectivity index (χ0n) is 13.1. The van der Waals surface area contributed by atoms with Gasteiger partial charge in [0, 0.05) is 28.6 Å². The molecule has 114 valence electrons. The minimum Gasteiger partial charge on any atom is -0.478 e. The van der Waals surface area contributed by atoms with E-state index in [1.807, 2.05) is 13.0 Å². The van der Waals surface area contributed by atoms with Crippen molar-refractivity contribution in [1.29, 1.82) is 0 Å². The molecule has 0 radical (unpaired) electrons. The van der Waals surface area contributed by atoms with Gasteiger partial charge in [-0.3, -0.25) is 0 Å². The van der Waals surface area contributed by atoms with Gasteiger partial charge in [-0.05, 0) is 24.8 Å². The molecule has 0 saturated heterocycles. The standard InChI is InChI=1S/C16H23N3OS/c1-5-8-20-14-10-12(2)18-15(19-14)17-11-16(3,4)13-7-6-9-21-13/h6-7,9-10H,5,8,11H2,1-4H3,(H,17,18,19). The SMILES string of the molecule is CCCOc1cc(C)nc(NCC(C)(C)c2cccs2)n1. The summed E-state index contributed by atoms with van der Waals surface area (Å²) in [5.41, 5.74) is 0.957. The summed E-state index contributed by atoms with van der Waals surface area (Å²) < 4.78 is 5.59. The predicted octanol–water partition coefficient (Wildman–Crippen LogP) is 4.03. The van der Waals surface area contributed by atoms with Crippen molar-refractivity contribution in [2.75, 3.05) is 18.5 Å². The summed E-state index contributed by atoms with van der Waals surface area (Å²) >= 11 is 1.78. The highest BCUT2D eigenvalue weighted by atomic mass is 32.1. The van der Waals surface area contributed by atoms with Crippen LogP contribution in [0.1, 0.15) is 37.8 Å². The third kappa shape index (κ3) is 4.43. The molecule has 0 atom stereocenters. The Morgan fingerprint density at radius 3 is 2.81 bits per heavy atom. The normalized spacial score (nSPS) is 11.4. The number of thiophene rings is 1. The van der Waals surface area contributed by atoms with Crippen molar-refractivity contribution < 1.29 is 4.74 Å². The fourth-order valence-corrected chi connectivity index (χ4v) is 2.80. The Bertz CT molecular complexity index is 567. The van der Waals surface area contributed by atoms with E-state index in [0.717, 1.165) is 18.7 Å². The molecule has 2 heterocycles. The summed E-state index contributed by atoms with van der Waals surface area (Å²) in [6.45, 7) is 9.93. The molecule has 0 amide bonds. The summed E-state index contributed by atoms with van der Waals surface area (Å²) in [6.07, 6.45) is 0.969. The number of nitrogens with zero attached hydrogens (tertiary/aromatic N) is 2. The first-order valence-electron chi connectivity index (χ1n) is 7.27. The third-order valence-electron chi connectivity index (χ3n) is 3.16. The van der Waals surface area contributed by atoms with Crippen molar-refractivity contribution in [2.45, 2.75) is 39.5 Å². The van der Waals surface area contributed by atoms with Crippen LogP contribution in [0.3, 0.4) is 0 Å². The number of ether oxygens (including phenoxy) is 1. The maximum Gasteiger partial charge on any atom is 0.226 e. The van der Waals surface area contributed by atoms with Gasteiger partial charge in [-0.25, -0.2) is 4.98 Å². The molecule has 1 N–H and O–H groups in total. The molecule has 2 aromatic heterocycles. The zero-order valence-corrected chi connectivity index (χ0v) is 14.0. The number of nitrogens with one attached hydrogen (secondary N) is 1. The van der Waals surface area contributed by atoms with Crippen molar-refractivity contribution in [3.8, 4) is 5.88 Å². The van der Waals surface area contributed by atoms with E-state index >= 15 is 0 Å². The van der Waals surface area contributed by atoms with E-state index in [1.165, 1.54) is 4.88 Å². The molecular formula is C16H23N3OS. The van der Waals surface area contributed by atoms with Gasteiger partial charge >= 0.3 is 0 Å². The van der Waals surface area contributed by atoms with Crippen LogP contribution in [0.15, 0.2) is 23.6 Å². The molecule has 0 spiro atoms. The Hall–Kier alpha value is -1.62. The molecule has 4 nitrogen and oxygen atoms in total. The number of aryl methyl sites for hydroxylation is 1. The highest BCUT2D eigenvalue weighted by Crippen LogP contribution is 2.27. The Morgan fingerprint density at radius 1 is 1.33 bits per heavy atom. The third-order valence-corrected chi connectivity index (χ3v) is 4.40. The topological polar surface area (TPSA) is 47.0 Å². The van der Waals surface area contributed by atoms with E-state index in [9.17, 15) is 0 Å². The first-order chi connectivity index (χ1) is 10.0. The quantitative estimate of drug-likeness (QED) is 0.839. The van der Waals surface area contributed by atoms with E-state index in [2.05, 4.69) is 53.6 Å². The first kappa shape index (κ1) is 15.8. The minimum atomic E-state index is 0.0473. The van der Waals surface area contributed by atoms with E-state index in [1.54, 1.807) is 11.3 Å². The largest absolute Gasteiger partial charge is 0.478 e.